The van der Waals surface area contributed by atoms with E-state index in [1.54, 1.807) is 6.20 Å². The van der Waals surface area contributed by atoms with E-state index in [0.29, 0.717) is 6.54 Å². The van der Waals surface area contributed by atoms with Crippen LogP contribution in [0.15, 0.2) is 6.20 Å². The van der Waals surface area contributed by atoms with Crippen molar-refractivity contribution in [3.8, 4) is 0 Å². The zero-order chi connectivity index (χ0) is 17.3. The highest BCUT2D eigenvalue weighted by atomic mass is 16.2. The highest BCUT2D eigenvalue weighted by Crippen LogP contribution is 2.33. The molecular formula is C18H31N5O. The zero-order valence-electron chi connectivity index (χ0n) is 15.3. The highest BCUT2D eigenvalue weighted by molar-refractivity contribution is 5.95. The molecule has 3 rings (SSSR count). The van der Waals surface area contributed by atoms with Crippen LogP contribution in [0.4, 0.5) is 0 Å². The van der Waals surface area contributed by atoms with Gasteiger partial charge in [0.2, 0.25) is 0 Å². The van der Waals surface area contributed by atoms with Crippen molar-refractivity contribution in [2.75, 3.05) is 33.7 Å². The van der Waals surface area contributed by atoms with Gasteiger partial charge in [-0.2, -0.15) is 5.10 Å². The van der Waals surface area contributed by atoms with Gasteiger partial charge in [0.05, 0.1) is 17.5 Å². The van der Waals surface area contributed by atoms with Crippen LogP contribution in [0.1, 0.15) is 61.0 Å². The molecule has 1 fully saturated rings. The van der Waals surface area contributed by atoms with Crippen LogP contribution < -0.4 is 5.73 Å². The number of nitrogens with two attached hydrogens (primary N) is 1. The van der Waals surface area contributed by atoms with Crippen molar-refractivity contribution in [1.82, 2.24) is 19.6 Å². The summed E-state index contributed by atoms with van der Waals surface area (Å²) in [5, 5.41) is 4.45. The van der Waals surface area contributed by atoms with Crippen molar-refractivity contribution < 1.29 is 4.79 Å². The molecule has 2 N–H and O–H groups in total. The van der Waals surface area contributed by atoms with Crippen LogP contribution >= 0.6 is 0 Å². The maximum Gasteiger partial charge on any atom is 0.257 e. The fourth-order valence-corrected chi connectivity index (χ4v) is 4.44. The molecule has 1 aromatic rings. The Hall–Kier alpha value is -1.40. The van der Waals surface area contributed by atoms with Gasteiger partial charge < -0.3 is 15.5 Å². The second kappa shape index (κ2) is 6.84. The zero-order valence-corrected chi connectivity index (χ0v) is 15.3. The first-order valence-electron chi connectivity index (χ1n) is 9.25. The van der Waals surface area contributed by atoms with E-state index < -0.39 is 0 Å². The molecule has 1 aromatic heterocycles. The summed E-state index contributed by atoms with van der Waals surface area (Å²) in [5.74, 6) is 0.404. The van der Waals surface area contributed by atoms with Gasteiger partial charge in [0.25, 0.3) is 5.91 Å². The highest BCUT2D eigenvalue weighted by Gasteiger charge is 2.37. The minimum Gasteiger partial charge on any atom is -0.338 e. The van der Waals surface area contributed by atoms with Gasteiger partial charge in [0.15, 0.2) is 0 Å². The number of piperidine rings is 1. The maximum absolute atomic E-state index is 13.1. The van der Waals surface area contributed by atoms with E-state index in [1.807, 2.05) is 9.58 Å². The molecule has 0 spiro atoms. The quantitative estimate of drug-likeness (QED) is 0.910. The predicted molar refractivity (Wildman–Crippen MR) is 95.1 cm³/mol. The number of hydrogen-bond donors (Lipinski definition) is 1. The topological polar surface area (TPSA) is 67.4 Å². The predicted octanol–water partition coefficient (Wildman–Crippen LogP) is 1.67. The number of nitrogens with zero attached hydrogens (tertiary/aromatic N) is 4. The molecule has 24 heavy (non-hydrogen) atoms. The van der Waals surface area contributed by atoms with Crippen molar-refractivity contribution in [3.63, 3.8) is 0 Å². The van der Waals surface area contributed by atoms with Gasteiger partial charge in [0.1, 0.15) is 0 Å². The van der Waals surface area contributed by atoms with Gasteiger partial charge in [-0.15, -0.1) is 0 Å². The Bertz CT molecular complexity index is 586. The van der Waals surface area contributed by atoms with Crippen LogP contribution in [0.5, 0.6) is 0 Å². The number of rotatable bonds is 4. The maximum atomic E-state index is 13.1. The first kappa shape index (κ1) is 17.4. The second-order valence-corrected chi connectivity index (χ2v) is 7.51. The molecule has 1 atom stereocenters. The number of likely N-dealkylation sites (tertiary alicyclic amines) is 1. The number of hydrogen-bond acceptors (Lipinski definition) is 4. The largest absolute Gasteiger partial charge is 0.338 e. The van der Waals surface area contributed by atoms with Crippen molar-refractivity contribution in [2.45, 2.75) is 57.0 Å². The van der Waals surface area contributed by atoms with Gasteiger partial charge in [-0.3, -0.25) is 9.48 Å². The summed E-state index contributed by atoms with van der Waals surface area (Å²) in [6, 6.07) is 0. The number of carbonyl (C=O) groups excluding carboxylic acids is 1. The van der Waals surface area contributed by atoms with Gasteiger partial charge in [0, 0.05) is 37.6 Å². The first-order valence-corrected chi connectivity index (χ1v) is 9.25. The molecule has 1 amide bonds. The van der Waals surface area contributed by atoms with Crippen LogP contribution in [-0.4, -0.2) is 64.8 Å². The summed E-state index contributed by atoms with van der Waals surface area (Å²) in [7, 11) is 4.31. The molecule has 6 heteroatoms. The molecule has 0 radical (unpaired) electrons. The molecule has 0 saturated carbocycles. The monoisotopic (exact) mass is 333 g/mol. The van der Waals surface area contributed by atoms with Gasteiger partial charge >= 0.3 is 0 Å². The summed E-state index contributed by atoms with van der Waals surface area (Å²) in [6.45, 7) is 5.38. The number of fused-ring (bicyclic) bond motifs is 1. The summed E-state index contributed by atoms with van der Waals surface area (Å²) in [4.78, 5) is 17.4. The van der Waals surface area contributed by atoms with Crippen LogP contribution in [0, 0.1) is 0 Å². The Labute approximate surface area is 145 Å². The molecule has 0 aliphatic carbocycles. The lowest BCUT2D eigenvalue weighted by Gasteiger charge is -2.46. The molecule has 0 aromatic carbocycles. The Kier molecular flexibility index (Phi) is 4.97. The van der Waals surface area contributed by atoms with Gasteiger partial charge in [-0.05, 0) is 46.2 Å². The SMILES string of the molecule is CCC1(N(C)C)CCN(C(=O)c2cnn3c2C(CN)CCC3)CC1. The van der Waals surface area contributed by atoms with E-state index in [-0.39, 0.29) is 17.4 Å². The lowest BCUT2D eigenvalue weighted by molar-refractivity contribution is 0.0408. The summed E-state index contributed by atoms with van der Waals surface area (Å²) >= 11 is 0. The number of amides is 1. The van der Waals surface area contributed by atoms with E-state index in [2.05, 4.69) is 31.0 Å². The van der Waals surface area contributed by atoms with Crippen molar-refractivity contribution in [3.05, 3.63) is 17.5 Å². The fourth-order valence-electron chi connectivity index (χ4n) is 4.44. The second-order valence-electron chi connectivity index (χ2n) is 7.51. The summed E-state index contributed by atoms with van der Waals surface area (Å²) < 4.78 is 1.99. The normalized spacial score (nSPS) is 23.4. The van der Waals surface area contributed by atoms with Crippen molar-refractivity contribution >= 4 is 5.91 Å². The number of aromatic nitrogens is 2. The fraction of sp³-hybridized carbons (Fsp3) is 0.778. The van der Waals surface area contributed by atoms with E-state index in [1.165, 1.54) is 0 Å². The standard InChI is InChI=1S/C18H31N5O/c1-4-18(21(2)3)7-10-22(11-8-18)17(24)15-13-20-23-9-5-6-14(12-19)16(15)23/h13-14H,4-12,19H2,1-3H3. The Morgan fingerprint density at radius 3 is 2.67 bits per heavy atom. The van der Waals surface area contributed by atoms with E-state index in [0.717, 1.165) is 63.0 Å². The average molecular weight is 333 g/mol. The lowest BCUT2D eigenvalue weighted by Crippen LogP contribution is -2.53. The molecular weight excluding hydrogens is 302 g/mol. The van der Waals surface area contributed by atoms with Crippen LogP contribution in [0.3, 0.4) is 0 Å². The third-order valence-electron chi connectivity index (χ3n) is 6.29. The Morgan fingerprint density at radius 2 is 2.08 bits per heavy atom. The summed E-state index contributed by atoms with van der Waals surface area (Å²) in [5.41, 5.74) is 8.01. The third-order valence-corrected chi connectivity index (χ3v) is 6.29. The molecule has 2 aliphatic heterocycles. The van der Waals surface area contributed by atoms with Crippen LogP contribution in [0.2, 0.25) is 0 Å². The minimum absolute atomic E-state index is 0.139. The molecule has 6 nitrogen and oxygen atoms in total. The summed E-state index contributed by atoms with van der Waals surface area (Å²) in [6.07, 6.45) is 7.11. The van der Waals surface area contributed by atoms with Gasteiger partial charge in [-0.25, -0.2) is 0 Å². The molecule has 1 saturated heterocycles. The van der Waals surface area contributed by atoms with E-state index >= 15 is 0 Å². The van der Waals surface area contributed by atoms with Crippen LogP contribution in [0.25, 0.3) is 0 Å². The minimum atomic E-state index is 0.139. The smallest absolute Gasteiger partial charge is 0.257 e. The average Bonchev–Trinajstić information content (AvgIpc) is 3.05. The van der Waals surface area contributed by atoms with E-state index in [4.69, 9.17) is 5.73 Å². The van der Waals surface area contributed by atoms with Crippen molar-refractivity contribution in [1.29, 1.82) is 0 Å². The Morgan fingerprint density at radius 1 is 1.38 bits per heavy atom. The number of aryl methyl sites for hydroxylation is 1. The van der Waals surface area contributed by atoms with Gasteiger partial charge in [-0.1, -0.05) is 6.92 Å². The molecule has 1 unspecified atom stereocenters. The lowest BCUT2D eigenvalue weighted by atomic mass is 9.83. The van der Waals surface area contributed by atoms with E-state index in [9.17, 15) is 4.79 Å². The first-order chi connectivity index (χ1) is 11.5. The molecule has 0 bridgehead atoms. The Balaban J connectivity index is 1.76. The van der Waals surface area contributed by atoms with Crippen LogP contribution in [-0.2, 0) is 6.54 Å². The molecule has 134 valence electrons. The third kappa shape index (κ3) is 2.86. The number of carbonyl (C=O) groups is 1. The molecule has 3 heterocycles. The van der Waals surface area contributed by atoms with Crippen molar-refractivity contribution in [2.24, 2.45) is 5.73 Å². The molecule has 2 aliphatic rings.